The van der Waals surface area contributed by atoms with Crippen molar-refractivity contribution in [3.63, 3.8) is 0 Å². The second-order valence-corrected chi connectivity index (χ2v) is 10.1. The number of ether oxygens (including phenoxy) is 3. The molecule has 0 unspecified atom stereocenters. The summed E-state index contributed by atoms with van der Waals surface area (Å²) in [5.41, 5.74) is 1.79. The number of hydrogen-bond acceptors (Lipinski definition) is 6. The smallest absolute Gasteiger partial charge is 0.341 e. The van der Waals surface area contributed by atoms with Crippen LogP contribution in [0, 0.1) is 5.92 Å². The number of para-hydroxylation sites is 1. The van der Waals surface area contributed by atoms with Crippen LogP contribution in [0.15, 0.2) is 47.4 Å². The number of rotatable bonds is 6. The van der Waals surface area contributed by atoms with Crippen molar-refractivity contribution in [2.24, 2.45) is 5.92 Å². The zero-order chi connectivity index (χ0) is 22.7. The van der Waals surface area contributed by atoms with Gasteiger partial charge < -0.3 is 14.2 Å². The lowest BCUT2D eigenvalue weighted by Crippen LogP contribution is -2.42. The number of nitrogens with zero attached hydrogens (tertiary/aromatic N) is 1. The fourth-order valence-electron chi connectivity index (χ4n) is 4.32. The molecule has 0 N–H and O–H groups in total. The van der Waals surface area contributed by atoms with Crippen molar-refractivity contribution in [2.45, 2.75) is 43.5 Å². The van der Waals surface area contributed by atoms with Crippen LogP contribution in [0.25, 0.3) is 0 Å². The van der Waals surface area contributed by atoms with Gasteiger partial charge >= 0.3 is 5.97 Å². The Morgan fingerprint density at radius 2 is 1.88 bits per heavy atom. The van der Waals surface area contributed by atoms with Gasteiger partial charge in [0.1, 0.15) is 11.3 Å². The van der Waals surface area contributed by atoms with Crippen molar-refractivity contribution in [3.05, 3.63) is 53.6 Å². The number of anilines is 1. The zero-order valence-electron chi connectivity index (χ0n) is 18.5. The number of sulfonamides is 1. The predicted octanol–water partition coefficient (Wildman–Crippen LogP) is 3.81. The quantitative estimate of drug-likeness (QED) is 0.611. The molecular formula is C24H29NO6S. The lowest BCUT2D eigenvalue weighted by molar-refractivity contribution is 0.0483. The summed E-state index contributed by atoms with van der Waals surface area (Å²) in [6, 6.07) is 11.8. The van der Waals surface area contributed by atoms with Gasteiger partial charge in [-0.2, -0.15) is 0 Å². The SMILES string of the molecule is COC(=O)c1cc(S(=O)(=O)N2c3ccccc3CC[C@@H]2C)ccc1OCC1CCOCC1. The molecule has 0 aromatic heterocycles. The van der Waals surface area contributed by atoms with E-state index in [1.807, 2.05) is 31.2 Å². The lowest BCUT2D eigenvalue weighted by Gasteiger charge is -2.36. The summed E-state index contributed by atoms with van der Waals surface area (Å²) in [4.78, 5) is 12.5. The van der Waals surface area contributed by atoms with Gasteiger partial charge in [-0.05, 0) is 68.4 Å². The Bertz CT molecular complexity index is 1080. The minimum absolute atomic E-state index is 0.0415. The van der Waals surface area contributed by atoms with Crippen molar-refractivity contribution >= 4 is 21.7 Å². The maximum Gasteiger partial charge on any atom is 0.341 e. The van der Waals surface area contributed by atoms with E-state index in [1.165, 1.54) is 23.5 Å². The molecule has 2 aliphatic rings. The Morgan fingerprint density at radius 1 is 1.12 bits per heavy atom. The molecule has 2 aromatic carbocycles. The average Bonchev–Trinajstić information content (AvgIpc) is 2.82. The summed E-state index contributed by atoms with van der Waals surface area (Å²) < 4.78 is 45.0. The molecule has 0 aliphatic carbocycles. The number of aryl methyl sites for hydroxylation is 1. The molecule has 4 rings (SSSR count). The van der Waals surface area contributed by atoms with Crippen molar-refractivity contribution in [1.82, 2.24) is 0 Å². The molecule has 0 spiro atoms. The van der Waals surface area contributed by atoms with Gasteiger partial charge in [0.25, 0.3) is 10.0 Å². The lowest BCUT2D eigenvalue weighted by atomic mass is 9.99. The van der Waals surface area contributed by atoms with Crippen LogP contribution in [0.2, 0.25) is 0 Å². The van der Waals surface area contributed by atoms with E-state index in [1.54, 1.807) is 6.07 Å². The van der Waals surface area contributed by atoms with E-state index < -0.39 is 16.0 Å². The predicted molar refractivity (Wildman–Crippen MR) is 121 cm³/mol. The molecule has 0 bridgehead atoms. The van der Waals surface area contributed by atoms with Crippen LogP contribution in [0.5, 0.6) is 5.75 Å². The molecule has 1 atom stereocenters. The standard InChI is InChI=1S/C24H29NO6S/c1-17-7-8-19-5-3-4-6-22(19)25(17)32(27,28)20-9-10-23(21(15-20)24(26)29-2)31-16-18-11-13-30-14-12-18/h3-6,9-10,15,17-18H,7-8,11-14,16H2,1-2H3/t17-/m0/s1. The van der Waals surface area contributed by atoms with Crippen LogP contribution in [0.1, 0.15) is 42.1 Å². The number of hydrogen-bond donors (Lipinski definition) is 0. The van der Waals surface area contributed by atoms with Gasteiger partial charge in [0, 0.05) is 19.3 Å². The van der Waals surface area contributed by atoms with Gasteiger partial charge in [0.15, 0.2) is 0 Å². The summed E-state index contributed by atoms with van der Waals surface area (Å²) in [6.45, 7) is 3.74. The van der Waals surface area contributed by atoms with Crippen molar-refractivity contribution in [2.75, 3.05) is 31.2 Å². The molecule has 0 amide bonds. The van der Waals surface area contributed by atoms with Gasteiger partial charge in [0.2, 0.25) is 0 Å². The van der Waals surface area contributed by atoms with Gasteiger partial charge in [-0.3, -0.25) is 4.31 Å². The van der Waals surface area contributed by atoms with Crippen molar-refractivity contribution in [3.8, 4) is 5.75 Å². The molecule has 2 aromatic rings. The van der Waals surface area contributed by atoms with E-state index in [9.17, 15) is 13.2 Å². The number of fused-ring (bicyclic) bond motifs is 1. The Hall–Kier alpha value is -2.58. The summed E-state index contributed by atoms with van der Waals surface area (Å²) in [7, 11) is -2.62. The second kappa shape index (κ2) is 9.50. The van der Waals surface area contributed by atoms with E-state index in [-0.39, 0.29) is 16.5 Å². The highest BCUT2D eigenvalue weighted by molar-refractivity contribution is 7.92. The molecule has 1 fully saturated rings. The highest BCUT2D eigenvalue weighted by Gasteiger charge is 2.34. The van der Waals surface area contributed by atoms with Crippen LogP contribution >= 0.6 is 0 Å². The monoisotopic (exact) mass is 459 g/mol. The maximum absolute atomic E-state index is 13.7. The van der Waals surface area contributed by atoms with Crippen molar-refractivity contribution in [1.29, 1.82) is 0 Å². The van der Waals surface area contributed by atoms with Crippen LogP contribution in [-0.4, -0.2) is 47.4 Å². The van der Waals surface area contributed by atoms with E-state index in [4.69, 9.17) is 14.2 Å². The Kier molecular flexibility index (Phi) is 6.71. The van der Waals surface area contributed by atoms with E-state index in [0.29, 0.717) is 37.2 Å². The van der Waals surface area contributed by atoms with Crippen molar-refractivity contribution < 1.29 is 27.4 Å². The minimum Gasteiger partial charge on any atom is -0.492 e. The van der Waals surface area contributed by atoms with Crippen LogP contribution < -0.4 is 9.04 Å². The van der Waals surface area contributed by atoms with Gasteiger partial charge in [-0.25, -0.2) is 13.2 Å². The second-order valence-electron chi connectivity index (χ2n) is 8.33. The first-order valence-corrected chi connectivity index (χ1v) is 12.4. The number of esters is 1. The number of methoxy groups -OCH3 is 1. The number of carbonyl (C=O) groups is 1. The third kappa shape index (κ3) is 4.47. The Balaban J connectivity index is 1.66. The first-order valence-electron chi connectivity index (χ1n) is 11.0. The van der Waals surface area contributed by atoms with Gasteiger partial charge in [-0.15, -0.1) is 0 Å². The van der Waals surface area contributed by atoms with E-state index in [0.717, 1.165) is 31.2 Å². The average molecular weight is 460 g/mol. The number of carbonyl (C=O) groups excluding carboxylic acids is 1. The molecule has 2 aliphatic heterocycles. The van der Waals surface area contributed by atoms with E-state index in [2.05, 4.69) is 0 Å². The third-order valence-corrected chi connectivity index (χ3v) is 8.11. The van der Waals surface area contributed by atoms with Gasteiger partial charge in [0.05, 0.1) is 24.3 Å². The first kappa shape index (κ1) is 22.6. The molecular weight excluding hydrogens is 430 g/mol. The molecule has 172 valence electrons. The highest BCUT2D eigenvalue weighted by atomic mass is 32.2. The number of benzene rings is 2. The Labute approximate surface area is 189 Å². The fraction of sp³-hybridized carbons (Fsp3) is 0.458. The molecule has 32 heavy (non-hydrogen) atoms. The molecule has 0 saturated carbocycles. The fourth-order valence-corrected chi connectivity index (χ4v) is 6.07. The topological polar surface area (TPSA) is 82.1 Å². The normalized spacial score (nSPS) is 19.3. The summed E-state index contributed by atoms with van der Waals surface area (Å²) in [5.74, 6) is 0.0360. The summed E-state index contributed by atoms with van der Waals surface area (Å²) in [6.07, 6.45) is 3.35. The molecule has 0 radical (unpaired) electrons. The van der Waals surface area contributed by atoms with Crippen LogP contribution in [0.4, 0.5) is 5.69 Å². The minimum atomic E-state index is -3.89. The molecule has 1 saturated heterocycles. The summed E-state index contributed by atoms with van der Waals surface area (Å²) in [5, 5.41) is 0. The van der Waals surface area contributed by atoms with Gasteiger partial charge in [-0.1, -0.05) is 18.2 Å². The first-order chi connectivity index (χ1) is 15.4. The maximum atomic E-state index is 13.7. The Morgan fingerprint density at radius 3 is 2.62 bits per heavy atom. The van der Waals surface area contributed by atoms with Crippen LogP contribution in [0.3, 0.4) is 0 Å². The zero-order valence-corrected chi connectivity index (χ0v) is 19.3. The largest absolute Gasteiger partial charge is 0.492 e. The van der Waals surface area contributed by atoms with E-state index >= 15 is 0 Å². The third-order valence-electron chi connectivity index (χ3n) is 6.19. The molecule has 2 heterocycles. The molecule has 8 heteroatoms. The molecule has 7 nitrogen and oxygen atoms in total. The summed E-state index contributed by atoms with van der Waals surface area (Å²) >= 11 is 0. The highest BCUT2D eigenvalue weighted by Crippen LogP contribution is 2.36. The van der Waals surface area contributed by atoms with Crippen LogP contribution in [-0.2, 0) is 25.9 Å².